The summed E-state index contributed by atoms with van der Waals surface area (Å²) in [5, 5.41) is 22.6. The molecular formula is C27H30F3N5O4. The highest BCUT2D eigenvalue weighted by Crippen LogP contribution is 2.40. The number of hydrogen-bond donors (Lipinski definition) is 4. The van der Waals surface area contributed by atoms with Gasteiger partial charge in [0.2, 0.25) is 12.7 Å². The summed E-state index contributed by atoms with van der Waals surface area (Å²) >= 11 is 0. The average Bonchev–Trinajstić information content (AvgIpc) is 3.54. The number of carbonyl (C=O) groups is 1. The Morgan fingerprint density at radius 3 is 2.64 bits per heavy atom. The normalized spacial score (nSPS) is 22.5. The molecule has 3 aliphatic rings. The monoisotopic (exact) mass is 545 g/mol. The third kappa shape index (κ3) is 5.35. The number of aromatic amines is 1. The van der Waals surface area contributed by atoms with E-state index in [0.717, 1.165) is 50.3 Å². The SMILES string of the molecule is O=C(CNc1n[nH]c2ccc(C(O)C(F)(F)F)cc12)NC1CN(C2CCC(c3ccc4c(c3)OCO4)CC2)C1. The largest absolute Gasteiger partial charge is 0.454 e. The standard InChI is InChI=1S/C27H30F3N5O4/c28-27(29,30)25(37)17-3-7-21-20(9-17)26(34-33-21)31-11-24(36)32-18-12-35(13-18)19-5-1-15(2-6-19)16-4-8-22-23(10-16)39-14-38-22/h3-4,7-10,15,18-19,25,37H,1-2,5-6,11-14H2,(H,32,36)(H2,31,33,34). The maximum Gasteiger partial charge on any atom is 0.418 e. The second kappa shape index (κ2) is 10.2. The summed E-state index contributed by atoms with van der Waals surface area (Å²) in [6.07, 6.45) is -2.92. The lowest BCUT2D eigenvalue weighted by Gasteiger charge is -2.46. The first-order chi connectivity index (χ1) is 18.7. The molecule has 0 bridgehead atoms. The molecule has 9 nitrogen and oxygen atoms in total. The molecule has 1 aromatic heterocycles. The molecule has 0 spiro atoms. The van der Waals surface area contributed by atoms with E-state index in [-0.39, 0.29) is 36.7 Å². The number of likely N-dealkylation sites (tertiary alicyclic amines) is 1. The predicted molar refractivity (Wildman–Crippen MR) is 137 cm³/mol. The van der Waals surface area contributed by atoms with Gasteiger partial charge in [-0.2, -0.15) is 18.3 Å². The second-order valence-electron chi connectivity index (χ2n) is 10.5. The number of H-pyrrole nitrogens is 1. The Hall–Kier alpha value is -3.51. The number of rotatable bonds is 7. The van der Waals surface area contributed by atoms with Crippen LogP contribution in [0, 0.1) is 0 Å². The zero-order valence-corrected chi connectivity index (χ0v) is 21.1. The van der Waals surface area contributed by atoms with Crippen LogP contribution < -0.4 is 20.1 Å². The first-order valence-corrected chi connectivity index (χ1v) is 13.1. The summed E-state index contributed by atoms with van der Waals surface area (Å²) in [5.74, 6) is 2.20. The van der Waals surface area contributed by atoms with Gasteiger partial charge in [0.25, 0.3) is 0 Å². The van der Waals surface area contributed by atoms with Crippen molar-refractivity contribution in [3.05, 3.63) is 47.5 Å². The molecule has 0 radical (unpaired) electrons. The molecule has 2 fully saturated rings. The molecule has 3 aromatic rings. The number of aliphatic hydroxyl groups is 1. The van der Waals surface area contributed by atoms with E-state index >= 15 is 0 Å². The van der Waals surface area contributed by atoms with Crippen LogP contribution in [-0.2, 0) is 4.79 Å². The first-order valence-electron chi connectivity index (χ1n) is 13.1. The minimum atomic E-state index is -4.77. The van der Waals surface area contributed by atoms with Crippen molar-refractivity contribution in [3.63, 3.8) is 0 Å². The second-order valence-corrected chi connectivity index (χ2v) is 10.5. The number of amides is 1. The number of aromatic nitrogens is 2. The molecule has 2 aliphatic heterocycles. The Morgan fingerprint density at radius 1 is 1.10 bits per heavy atom. The molecule has 3 heterocycles. The summed E-state index contributed by atoms with van der Waals surface area (Å²) in [5.41, 5.74) is 1.51. The van der Waals surface area contributed by atoms with Crippen LogP contribution in [0.3, 0.4) is 0 Å². The van der Waals surface area contributed by atoms with Crippen LogP contribution in [0.2, 0.25) is 0 Å². The summed E-state index contributed by atoms with van der Waals surface area (Å²) < 4.78 is 49.6. The molecule has 1 saturated heterocycles. The van der Waals surface area contributed by atoms with Crippen molar-refractivity contribution >= 4 is 22.6 Å². The number of anilines is 1. The van der Waals surface area contributed by atoms with Crippen LogP contribution in [0.15, 0.2) is 36.4 Å². The van der Waals surface area contributed by atoms with Crippen LogP contribution in [0.1, 0.15) is 48.8 Å². The van der Waals surface area contributed by atoms with Gasteiger partial charge in [-0.1, -0.05) is 12.1 Å². The van der Waals surface area contributed by atoms with Crippen molar-refractivity contribution in [2.45, 2.75) is 56.0 Å². The molecule has 6 rings (SSSR count). The lowest BCUT2D eigenvalue weighted by atomic mass is 9.80. The number of nitrogens with one attached hydrogen (secondary N) is 3. The van der Waals surface area contributed by atoms with E-state index in [1.54, 1.807) is 0 Å². The van der Waals surface area contributed by atoms with E-state index in [2.05, 4.69) is 37.9 Å². The number of nitrogens with zero attached hydrogens (tertiary/aromatic N) is 2. The highest BCUT2D eigenvalue weighted by molar-refractivity contribution is 5.92. The molecule has 1 atom stereocenters. The van der Waals surface area contributed by atoms with E-state index in [1.807, 2.05) is 6.07 Å². The molecule has 4 N–H and O–H groups in total. The molecule has 39 heavy (non-hydrogen) atoms. The zero-order valence-electron chi connectivity index (χ0n) is 21.1. The molecule has 1 aliphatic carbocycles. The van der Waals surface area contributed by atoms with Crippen molar-refractivity contribution in [1.82, 2.24) is 20.4 Å². The van der Waals surface area contributed by atoms with Gasteiger partial charge < -0.3 is 25.2 Å². The summed E-state index contributed by atoms with van der Waals surface area (Å²) in [6, 6.07) is 10.7. The number of aliphatic hydroxyl groups excluding tert-OH is 1. The fourth-order valence-electron chi connectivity index (χ4n) is 5.81. The number of halogens is 3. The predicted octanol–water partition coefficient (Wildman–Crippen LogP) is 3.83. The van der Waals surface area contributed by atoms with Crippen molar-refractivity contribution in [3.8, 4) is 11.5 Å². The highest BCUT2D eigenvalue weighted by atomic mass is 19.4. The Kier molecular flexibility index (Phi) is 6.76. The maximum absolute atomic E-state index is 12.9. The third-order valence-corrected chi connectivity index (χ3v) is 7.99. The van der Waals surface area contributed by atoms with Gasteiger partial charge in [-0.25, -0.2) is 0 Å². The van der Waals surface area contributed by atoms with Gasteiger partial charge in [-0.15, -0.1) is 0 Å². The van der Waals surface area contributed by atoms with Gasteiger partial charge in [-0.3, -0.25) is 14.8 Å². The van der Waals surface area contributed by atoms with Crippen LogP contribution in [0.25, 0.3) is 10.9 Å². The number of carbonyl (C=O) groups excluding carboxylic acids is 1. The van der Waals surface area contributed by atoms with Crippen molar-refractivity contribution < 1.29 is 32.5 Å². The Labute approximate surface area is 222 Å². The van der Waals surface area contributed by atoms with Gasteiger partial charge in [0.1, 0.15) is 0 Å². The number of benzene rings is 2. The van der Waals surface area contributed by atoms with Gasteiger partial charge in [0.15, 0.2) is 23.4 Å². The van der Waals surface area contributed by atoms with E-state index < -0.39 is 12.3 Å². The van der Waals surface area contributed by atoms with Crippen LogP contribution >= 0.6 is 0 Å². The van der Waals surface area contributed by atoms with E-state index in [1.165, 1.54) is 23.8 Å². The first kappa shape index (κ1) is 25.8. The van der Waals surface area contributed by atoms with Crippen molar-refractivity contribution in [2.24, 2.45) is 0 Å². The van der Waals surface area contributed by atoms with Gasteiger partial charge in [0.05, 0.1) is 18.1 Å². The number of alkyl halides is 3. The van der Waals surface area contributed by atoms with Crippen LogP contribution in [0.5, 0.6) is 11.5 Å². The fourth-order valence-corrected chi connectivity index (χ4v) is 5.81. The summed E-state index contributed by atoms with van der Waals surface area (Å²) in [6.45, 7) is 1.82. The topological polar surface area (TPSA) is 112 Å². The lowest BCUT2D eigenvalue weighted by molar-refractivity contribution is -0.206. The van der Waals surface area contributed by atoms with Crippen LogP contribution in [-0.4, -0.2) is 70.8 Å². The molecule has 1 saturated carbocycles. The molecular weight excluding hydrogens is 515 g/mol. The fraction of sp³-hybridized carbons (Fsp3) is 0.481. The van der Waals surface area contributed by atoms with E-state index in [9.17, 15) is 23.1 Å². The maximum atomic E-state index is 12.9. The van der Waals surface area contributed by atoms with Gasteiger partial charge in [-0.05, 0) is 67.0 Å². The van der Waals surface area contributed by atoms with Crippen molar-refractivity contribution in [1.29, 1.82) is 0 Å². The van der Waals surface area contributed by atoms with E-state index in [0.29, 0.717) is 22.9 Å². The van der Waals surface area contributed by atoms with Crippen LogP contribution in [0.4, 0.5) is 19.0 Å². The Balaban J connectivity index is 0.950. The highest BCUT2D eigenvalue weighted by Gasteiger charge is 2.39. The molecule has 208 valence electrons. The molecule has 1 amide bonds. The zero-order chi connectivity index (χ0) is 27.1. The quantitative estimate of drug-likeness (QED) is 0.357. The molecule has 2 aromatic carbocycles. The number of fused-ring (bicyclic) bond motifs is 2. The Morgan fingerprint density at radius 2 is 1.87 bits per heavy atom. The minimum Gasteiger partial charge on any atom is -0.454 e. The van der Waals surface area contributed by atoms with Gasteiger partial charge in [0, 0.05) is 24.5 Å². The average molecular weight is 546 g/mol. The summed E-state index contributed by atoms with van der Waals surface area (Å²) in [7, 11) is 0. The lowest BCUT2D eigenvalue weighted by Crippen LogP contribution is -2.63. The third-order valence-electron chi connectivity index (χ3n) is 7.99. The number of ether oxygens (including phenoxy) is 2. The van der Waals surface area contributed by atoms with Gasteiger partial charge >= 0.3 is 6.18 Å². The summed E-state index contributed by atoms with van der Waals surface area (Å²) in [4.78, 5) is 14.9. The Bertz CT molecular complexity index is 1350. The molecule has 1 unspecified atom stereocenters. The molecule has 12 heteroatoms. The van der Waals surface area contributed by atoms with E-state index in [4.69, 9.17) is 9.47 Å². The minimum absolute atomic E-state index is 0.0651. The number of hydrogen-bond acceptors (Lipinski definition) is 7. The smallest absolute Gasteiger partial charge is 0.418 e. The van der Waals surface area contributed by atoms with Crippen molar-refractivity contribution in [2.75, 3.05) is 31.7 Å².